The van der Waals surface area contributed by atoms with Crippen LogP contribution in [0.15, 0.2) is 18.2 Å². The van der Waals surface area contributed by atoms with E-state index in [0.717, 1.165) is 43.9 Å². The number of halogens is 1. The zero-order valence-electron chi connectivity index (χ0n) is 9.50. The maximum atomic E-state index is 13.3. The lowest BCUT2D eigenvalue weighted by molar-refractivity contribution is 0.155. The molecule has 2 aliphatic rings. The highest BCUT2D eigenvalue weighted by molar-refractivity contribution is 5.44. The number of nitrogens with zero attached hydrogens (tertiary/aromatic N) is 1. The normalized spacial score (nSPS) is 23.1. The molecular formula is C13H16FNO. The average Bonchev–Trinajstić information content (AvgIpc) is 2.62. The SMILES string of the molecule is CN1CCC2(CC1)COc1ccc(F)cc12. The summed E-state index contributed by atoms with van der Waals surface area (Å²) < 4.78 is 19.0. The van der Waals surface area contributed by atoms with E-state index >= 15 is 0 Å². The van der Waals surface area contributed by atoms with Crippen molar-refractivity contribution in [2.75, 3.05) is 26.7 Å². The van der Waals surface area contributed by atoms with Gasteiger partial charge in [-0.25, -0.2) is 4.39 Å². The maximum Gasteiger partial charge on any atom is 0.123 e. The third kappa shape index (κ3) is 1.42. The number of piperidine rings is 1. The van der Waals surface area contributed by atoms with Gasteiger partial charge in [-0.1, -0.05) is 0 Å². The molecule has 86 valence electrons. The van der Waals surface area contributed by atoms with E-state index in [1.54, 1.807) is 12.1 Å². The predicted octanol–water partition coefficient (Wildman–Crippen LogP) is 2.18. The minimum Gasteiger partial charge on any atom is -0.492 e. The largest absolute Gasteiger partial charge is 0.492 e. The molecule has 0 N–H and O–H groups in total. The molecule has 3 heteroatoms. The summed E-state index contributed by atoms with van der Waals surface area (Å²) in [5.41, 5.74) is 1.16. The van der Waals surface area contributed by atoms with Gasteiger partial charge in [0, 0.05) is 11.0 Å². The van der Waals surface area contributed by atoms with Crippen molar-refractivity contribution in [3.05, 3.63) is 29.6 Å². The van der Waals surface area contributed by atoms with Gasteiger partial charge in [-0.3, -0.25) is 0 Å². The summed E-state index contributed by atoms with van der Waals surface area (Å²) in [4.78, 5) is 2.32. The van der Waals surface area contributed by atoms with Gasteiger partial charge in [0.1, 0.15) is 11.6 Å². The van der Waals surface area contributed by atoms with Crippen molar-refractivity contribution in [3.8, 4) is 5.75 Å². The first-order valence-electron chi connectivity index (χ1n) is 5.81. The van der Waals surface area contributed by atoms with Crippen molar-refractivity contribution in [2.24, 2.45) is 0 Å². The first-order chi connectivity index (χ1) is 7.70. The number of ether oxygens (including phenoxy) is 1. The van der Waals surface area contributed by atoms with Crippen LogP contribution in [0.3, 0.4) is 0 Å². The Kier molecular flexibility index (Phi) is 2.18. The lowest BCUT2D eigenvalue weighted by atomic mass is 9.74. The molecule has 1 fully saturated rings. The van der Waals surface area contributed by atoms with Crippen LogP contribution in [0, 0.1) is 5.82 Å². The first-order valence-corrected chi connectivity index (χ1v) is 5.81. The predicted molar refractivity (Wildman–Crippen MR) is 60.3 cm³/mol. The molecule has 1 saturated heterocycles. The van der Waals surface area contributed by atoms with Gasteiger partial charge in [-0.15, -0.1) is 0 Å². The van der Waals surface area contributed by atoms with Crippen molar-refractivity contribution in [1.29, 1.82) is 0 Å². The summed E-state index contributed by atoms with van der Waals surface area (Å²) in [5.74, 6) is 0.730. The van der Waals surface area contributed by atoms with E-state index in [4.69, 9.17) is 4.74 Å². The molecule has 0 atom stereocenters. The highest BCUT2D eigenvalue weighted by atomic mass is 19.1. The molecular weight excluding hydrogens is 205 g/mol. The van der Waals surface area contributed by atoms with Crippen LogP contribution in [0.25, 0.3) is 0 Å². The molecule has 0 aromatic heterocycles. The lowest BCUT2D eigenvalue weighted by Crippen LogP contribution is -2.41. The molecule has 1 aromatic rings. The fourth-order valence-corrected chi connectivity index (χ4v) is 2.80. The number of hydrogen-bond donors (Lipinski definition) is 0. The molecule has 0 saturated carbocycles. The van der Waals surface area contributed by atoms with Gasteiger partial charge in [0.25, 0.3) is 0 Å². The van der Waals surface area contributed by atoms with E-state index in [1.807, 2.05) is 0 Å². The number of likely N-dealkylation sites (tertiary alicyclic amines) is 1. The monoisotopic (exact) mass is 221 g/mol. The van der Waals surface area contributed by atoms with E-state index in [0.29, 0.717) is 0 Å². The Morgan fingerprint density at radius 1 is 1.31 bits per heavy atom. The minimum absolute atomic E-state index is 0.0734. The fourth-order valence-electron chi connectivity index (χ4n) is 2.80. The molecule has 1 spiro atoms. The molecule has 1 aromatic carbocycles. The Labute approximate surface area is 95.0 Å². The molecule has 3 rings (SSSR count). The van der Waals surface area contributed by atoms with Gasteiger partial charge in [0.15, 0.2) is 0 Å². The summed E-state index contributed by atoms with van der Waals surface area (Å²) in [6.07, 6.45) is 2.14. The Hall–Kier alpha value is -1.09. The van der Waals surface area contributed by atoms with Crippen molar-refractivity contribution < 1.29 is 9.13 Å². The van der Waals surface area contributed by atoms with Crippen LogP contribution in [-0.4, -0.2) is 31.6 Å². The zero-order chi connectivity index (χ0) is 11.2. The average molecular weight is 221 g/mol. The summed E-state index contributed by atoms with van der Waals surface area (Å²) >= 11 is 0. The topological polar surface area (TPSA) is 12.5 Å². The first kappa shape index (κ1) is 10.1. The van der Waals surface area contributed by atoms with Crippen LogP contribution in [0.5, 0.6) is 5.75 Å². The van der Waals surface area contributed by atoms with Crippen molar-refractivity contribution in [3.63, 3.8) is 0 Å². The molecule has 0 unspecified atom stereocenters. The Bertz CT molecular complexity index is 410. The van der Waals surface area contributed by atoms with E-state index in [2.05, 4.69) is 11.9 Å². The van der Waals surface area contributed by atoms with Gasteiger partial charge in [-0.05, 0) is 51.2 Å². The van der Waals surface area contributed by atoms with Crippen molar-refractivity contribution in [2.45, 2.75) is 18.3 Å². The fraction of sp³-hybridized carbons (Fsp3) is 0.538. The summed E-state index contributed by atoms with van der Waals surface area (Å²) in [6, 6.07) is 4.90. The molecule has 0 radical (unpaired) electrons. The number of hydrogen-bond acceptors (Lipinski definition) is 2. The molecule has 0 amide bonds. The van der Waals surface area contributed by atoms with Gasteiger partial charge in [0.05, 0.1) is 6.61 Å². The lowest BCUT2D eigenvalue weighted by Gasteiger charge is -2.36. The smallest absolute Gasteiger partial charge is 0.123 e. The molecule has 0 bridgehead atoms. The second-order valence-corrected chi connectivity index (χ2v) is 5.01. The number of benzene rings is 1. The second-order valence-electron chi connectivity index (χ2n) is 5.01. The van der Waals surface area contributed by atoms with Crippen LogP contribution >= 0.6 is 0 Å². The Balaban J connectivity index is 1.98. The number of fused-ring (bicyclic) bond motifs is 2. The second kappa shape index (κ2) is 3.45. The number of rotatable bonds is 0. The van der Waals surface area contributed by atoms with Crippen LogP contribution in [0.2, 0.25) is 0 Å². The third-order valence-electron chi connectivity index (χ3n) is 3.96. The quantitative estimate of drug-likeness (QED) is 0.666. The van der Waals surface area contributed by atoms with E-state index in [-0.39, 0.29) is 11.2 Å². The summed E-state index contributed by atoms with van der Waals surface area (Å²) in [6.45, 7) is 2.86. The maximum absolute atomic E-state index is 13.3. The molecule has 2 heterocycles. The van der Waals surface area contributed by atoms with Crippen molar-refractivity contribution >= 4 is 0 Å². The minimum atomic E-state index is -0.150. The highest BCUT2D eigenvalue weighted by Crippen LogP contribution is 2.45. The van der Waals surface area contributed by atoms with Crippen LogP contribution in [-0.2, 0) is 5.41 Å². The van der Waals surface area contributed by atoms with Gasteiger partial charge in [0.2, 0.25) is 0 Å². The highest BCUT2D eigenvalue weighted by Gasteiger charge is 2.42. The van der Waals surface area contributed by atoms with Crippen LogP contribution < -0.4 is 4.74 Å². The third-order valence-corrected chi connectivity index (χ3v) is 3.96. The zero-order valence-corrected chi connectivity index (χ0v) is 9.50. The Morgan fingerprint density at radius 3 is 2.81 bits per heavy atom. The van der Waals surface area contributed by atoms with Gasteiger partial charge < -0.3 is 9.64 Å². The van der Waals surface area contributed by atoms with E-state index in [1.165, 1.54) is 6.07 Å². The van der Waals surface area contributed by atoms with Gasteiger partial charge in [-0.2, -0.15) is 0 Å². The Morgan fingerprint density at radius 2 is 2.06 bits per heavy atom. The van der Waals surface area contributed by atoms with E-state index in [9.17, 15) is 4.39 Å². The standard InChI is InChI=1S/C13H16FNO/c1-15-6-4-13(5-7-15)9-16-12-3-2-10(14)8-11(12)13/h2-3,8H,4-7,9H2,1H3. The molecule has 16 heavy (non-hydrogen) atoms. The van der Waals surface area contributed by atoms with E-state index < -0.39 is 0 Å². The molecule has 2 nitrogen and oxygen atoms in total. The molecule has 2 aliphatic heterocycles. The molecule has 0 aliphatic carbocycles. The van der Waals surface area contributed by atoms with Crippen molar-refractivity contribution in [1.82, 2.24) is 4.90 Å². The summed E-state index contributed by atoms with van der Waals surface area (Å²) in [7, 11) is 2.13. The summed E-state index contributed by atoms with van der Waals surface area (Å²) in [5, 5.41) is 0. The van der Waals surface area contributed by atoms with Crippen LogP contribution in [0.4, 0.5) is 4.39 Å². The van der Waals surface area contributed by atoms with Gasteiger partial charge >= 0.3 is 0 Å². The van der Waals surface area contributed by atoms with Crippen LogP contribution in [0.1, 0.15) is 18.4 Å².